The van der Waals surface area contributed by atoms with E-state index in [-0.39, 0.29) is 10.8 Å². The van der Waals surface area contributed by atoms with Crippen molar-refractivity contribution in [2.75, 3.05) is 0 Å². The molecule has 0 N–H and O–H groups in total. The molecule has 0 aliphatic rings. The quantitative estimate of drug-likeness (QED) is 0.254. The van der Waals surface area contributed by atoms with Crippen molar-refractivity contribution < 1.29 is 0 Å². The average Bonchev–Trinajstić information content (AvgIpc) is 3.34. The van der Waals surface area contributed by atoms with Gasteiger partial charge in [0, 0.05) is 16.8 Å². The Morgan fingerprint density at radius 3 is 1.22 bits per heavy atom. The number of hydrogen-bond acceptors (Lipinski definition) is 2. The van der Waals surface area contributed by atoms with E-state index in [4.69, 9.17) is 10.2 Å². The van der Waals surface area contributed by atoms with Gasteiger partial charge in [-0.3, -0.25) is 4.57 Å². The van der Waals surface area contributed by atoms with E-state index in [1.807, 2.05) is 6.07 Å². The molecule has 0 aliphatic carbocycles. The third kappa shape index (κ3) is 5.13. The van der Waals surface area contributed by atoms with Gasteiger partial charge in [-0.05, 0) is 45.2 Å². The number of nitrogens with zero attached hydrogens (tertiary/aromatic N) is 3. The molecule has 186 valence electrons. The summed E-state index contributed by atoms with van der Waals surface area (Å²) in [5.41, 5.74) is 8.31. The second-order valence-electron chi connectivity index (χ2n) is 11.8. The molecule has 5 aromatic rings. The van der Waals surface area contributed by atoms with Gasteiger partial charge in [-0.25, -0.2) is 0 Å². The van der Waals surface area contributed by atoms with Crippen molar-refractivity contribution in [3.63, 3.8) is 0 Å². The summed E-state index contributed by atoms with van der Waals surface area (Å²) in [4.78, 5) is 0. The Kier molecular flexibility index (Phi) is 6.33. The minimum atomic E-state index is 0.0967. The number of rotatable bonds is 4. The van der Waals surface area contributed by atoms with Gasteiger partial charge < -0.3 is 0 Å². The second kappa shape index (κ2) is 9.48. The second-order valence-corrected chi connectivity index (χ2v) is 11.8. The Hall–Kier alpha value is -3.98. The monoisotopic (exact) mass is 485 g/mol. The van der Waals surface area contributed by atoms with Crippen LogP contribution in [0.4, 0.5) is 0 Å². The Balaban J connectivity index is 1.62. The molecule has 0 fully saturated rings. The predicted octanol–water partition coefficient (Wildman–Crippen LogP) is 8.86. The van der Waals surface area contributed by atoms with Crippen LogP contribution in [0.2, 0.25) is 0 Å². The lowest BCUT2D eigenvalue weighted by Crippen LogP contribution is -2.10. The van der Waals surface area contributed by atoms with Crippen LogP contribution in [0.25, 0.3) is 39.6 Å². The molecule has 0 radical (unpaired) electrons. The molecule has 0 aliphatic heterocycles. The van der Waals surface area contributed by atoms with Crippen LogP contribution in [0.15, 0.2) is 103 Å². The van der Waals surface area contributed by atoms with E-state index in [9.17, 15) is 0 Å². The maximum Gasteiger partial charge on any atom is 0.168 e. The molecule has 0 saturated heterocycles. The SMILES string of the molecule is CC(C)(C)c1ccc(-c2nnc(-c3ccc(C(C)(C)C)cc3)n2-c2ccc(-c3ccccc3)cc2)cc1. The lowest BCUT2D eigenvalue weighted by atomic mass is 9.86. The molecule has 0 atom stereocenters. The summed E-state index contributed by atoms with van der Waals surface area (Å²) >= 11 is 0. The van der Waals surface area contributed by atoms with Gasteiger partial charge in [0.15, 0.2) is 11.6 Å². The van der Waals surface area contributed by atoms with Gasteiger partial charge in [0.2, 0.25) is 0 Å². The molecule has 1 aromatic heterocycles. The zero-order valence-corrected chi connectivity index (χ0v) is 22.7. The van der Waals surface area contributed by atoms with Crippen molar-refractivity contribution in [1.29, 1.82) is 0 Å². The normalized spacial score (nSPS) is 12.1. The fourth-order valence-electron chi connectivity index (χ4n) is 4.57. The summed E-state index contributed by atoms with van der Waals surface area (Å²) < 4.78 is 2.17. The van der Waals surface area contributed by atoms with E-state index in [1.54, 1.807) is 0 Å². The summed E-state index contributed by atoms with van der Waals surface area (Å²) in [6.07, 6.45) is 0. The zero-order valence-electron chi connectivity index (χ0n) is 22.7. The number of benzene rings is 4. The van der Waals surface area contributed by atoms with Gasteiger partial charge >= 0.3 is 0 Å². The van der Waals surface area contributed by atoms with E-state index in [0.717, 1.165) is 28.5 Å². The molecule has 0 saturated carbocycles. The van der Waals surface area contributed by atoms with Crippen LogP contribution in [-0.2, 0) is 10.8 Å². The average molecular weight is 486 g/mol. The van der Waals surface area contributed by atoms with Crippen LogP contribution in [0.3, 0.4) is 0 Å². The molecule has 4 aromatic carbocycles. The standard InChI is InChI=1S/C34H35N3/c1-33(2,3)28-18-12-26(13-19-28)31-35-36-32(27-14-20-29(21-15-27)34(4,5)6)37(31)30-22-16-25(17-23-30)24-10-8-7-9-11-24/h7-23H,1-6H3. The van der Waals surface area contributed by atoms with Crippen LogP contribution in [0, 0.1) is 0 Å². The van der Waals surface area contributed by atoms with Gasteiger partial charge in [-0.15, -0.1) is 10.2 Å². The van der Waals surface area contributed by atoms with Crippen LogP contribution >= 0.6 is 0 Å². The topological polar surface area (TPSA) is 30.7 Å². The molecule has 5 rings (SSSR count). The summed E-state index contributed by atoms with van der Waals surface area (Å²) in [5.74, 6) is 1.67. The first-order valence-electron chi connectivity index (χ1n) is 12.9. The first-order valence-corrected chi connectivity index (χ1v) is 12.9. The van der Waals surface area contributed by atoms with Gasteiger partial charge in [0.25, 0.3) is 0 Å². The molecule has 3 heteroatoms. The predicted molar refractivity (Wildman–Crippen MR) is 155 cm³/mol. The van der Waals surface area contributed by atoms with Crippen LogP contribution in [-0.4, -0.2) is 14.8 Å². The highest BCUT2D eigenvalue weighted by Gasteiger charge is 2.20. The Bertz CT molecular complexity index is 1400. The highest BCUT2D eigenvalue weighted by molar-refractivity contribution is 5.69. The van der Waals surface area contributed by atoms with Gasteiger partial charge in [0.05, 0.1) is 0 Å². The first-order chi connectivity index (χ1) is 17.6. The van der Waals surface area contributed by atoms with E-state index in [2.05, 4.69) is 143 Å². The smallest absolute Gasteiger partial charge is 0.168 e. The molecule has 0 amide bonds. The lowest BCUT2D eigenvalue weighted by molar-refractivity contribution is 0.590. The molecule has 37 heavy (non-hydrogen) atoms. The van der Waals surface area contributed by atoms with Crippen molar-refractivity contribution in [2.24, 2.45) is 0 Å². The van der Waals surface area contributed by atoms with Crippen molar-refractivity contribution in [2.45, 2.75) is 52.4 Å². The van der Waals surface area contributed by atoms with E-state index < -0.39 is 0 Å². The Labute approximate surface area is 220 Å². The third-order valence-corrected chi connectivity index (χ3v) is 6.91. The summed E-state index contributed by atoms with van der Waals surface area (Å²) in [5, 5.41) is 9.39. The highest BCUT2D eigenvalue weighted by Crippen LogP contribution is 2.32. The van der Waals surface area contributed by atoms with Gasteiger partial charge in [-0.1, -0.05) is 133 Å². The fraction of sp³-hybridized carbons (Fsp3) is 0.235. The molecule has 0 spiro atoms. The van der Waals surface area contributed by atoms with Gasteiger partial charge in [-0.2, -0.15) is 0 Å². The fourth-order valence-corrected chi connectivity index (χ4v) is 4.57. The third-order valence-electron chi connectivity index (χ3n) is 6.91. The lowest BCUT2D eigenvalue weighted by Gasteiger charge is -2.20. The summed E-state index contributed by atoms with van der Waals surface area (Å²) in [6, 6.07) is 36.5. The van der Waals surface area contributed by atoms with E-state index in [1.165, 1.54) is 22.3 Å². The molecule has 3 nitrogen and oxygen atoms in total. The number of aromatic nitrogens is 3. The van der Waals surface area contributed by atoms with E-state index >= 15 is 0 Å². The van der Waals surface area contributed by atoms with Gasteiger partial charge in [0.1, 0.15) is 0 Å². The molecule has 0 unspecified atom stereocenters. The van der Waals surface area contributed by atoms with E-state index in [0.29, 0.717) is 0 Å². The minimum Gasteiger partial charge on any atom is -0.275 e. The zero-order chi connectivity index (χ0) is 26.2. The molecular formula is C34H35N3. The summed E-state index contributed by atoms with van der Waals surface area (Å²) in [7, 11) is 0. The minimum absolute atomic E-state index is 0.0967. The molecule has 1 heterocycles. The largest absolute Gasteiger partial charge is 0.275 e. The molecular weight excluding hydrogens is 450 g/mol. The summed E-state index contributed by atoms with van der Waals surface area (Å²) in [6.45, 7) is 13.4. The maximum atomic E-state index is 4.70. The van der Waals surface area contributed by atoms with Crippen molar-refractivity contribution >= 4 is 0 Å². The maximum absolute atomic E-state index is 4.70. The van der Waals surface area contributed by atoms with Crippen molar-refractivity contribution in [3.8, 4) is 39.6 Å². The van der Waals surface area contributed by atoms with Crippen molar-refractivity contribution in [3.05, 3.63) is 114 Å². The van der Waals surface area contributed by atoms with Crippen LogP contribution < -0.4 is 0 Å². The number of hydrogen-bond donors (Lipinski definition) is 0. The Morgan fingerprint density at radius 1 is 0.432 bits per heavy atom. The van der Waals surface area contributed by atoms with Crippen LogP contribution in [0.5, 0.6) is 0 Å². The first kappa shape index (κ1) is 24.7. The highest BCUT2D eigenvalue weighted by atomic mass is 15.3. The molecule has 0 bridgehead atoms. The van der Waals surface area contributed by atoms with Crippen LogP contribution in [0.1, 0.15) is 52.7 Å². The van der Waals surface area contributed by atoms with Crippen molar-refractivity contribution in [1.82, 2.24) is 14.8 Å². The Morgan fingerprint density at radius 2 is 0.811 bits per heavy atom.